The van der Waals surface area contributed by atoms with Crippen LogP contribution in [0.1, 0.15) is 34.1 Å². The lowest BCUT2D eigenvalue weighted by molar-refractivity contribution is -0.146. The molecule has 0 heterocycles. The molecule has 0 aromatic heterocycles. The number of rotatable bonds is 6. The Bertz CT molecular complexity index is 252. The van der Waals surface area contributed by atoms with Gasteiger partial charge in [-0.3, -0.25) is 9.59 Å². The first-order chi connectivity index (χ1) is 7.25. The molecule has 0 saturated heterocycles. The van der Waals surface area contributed by atoms with Gasteiger partial charge in [-0.2, -0.15) is 0 Å². The van der Waals surface area contributed by atoms with Gasteiger partial charge in [0.1, 0.15) is 6.54 Å². The van der Waals surface area contributed by atoms with Crippen molar-refractivity contribution in [3.05, 3.63) is 0 Å². The van der Waals surface area contributed by atoms with Crippen LogP contribution in [0.4, 0.5) is 0 Å². The second kappa shape index (κ2) is 6.48. The van der Waals surface area contributed by atoms with Gasteiger partial charge in [-0.05, 0) is 19.8 Å². The van der Waals surface area contributed by atoms with Crippen molar-refractivity contribution in [3.63, 3.8) is 0 Å². The van der Waals surface area contributed by atoms with E-state index in [9.17, 15) is 9.59 Å². The maximum Gasteiger partial charge on any atom is 0.323 e. The van der Waals surface area contributed by atoms with E-state index in [2.05, 4.69) is 0 Å². The molecule has 0 aliphatic rings. The smallest absolute Gasteiger partial charge is 0.323 e. The molecule has 0 aromatic rings. The van der Waals surface area contributed by atoms with Crippen molar-refractivity contribution in [3.8, 4) is 0 Å². The summed E-state index contributed by atoms with van der Waals surface area (Å²) < 4.78 is 0. The summed E-state index contributed by atoms with van der Waals surface area (Å²) >= 11 is 0. The molecular weight excluding hydrogens is 208 g/mol. The lowest BCUT2D eigenvalue weighted by Gasteiger charge is -2.27. The monoisotopic (exact) mass is 230 g/mol. The number of nitrogens with two attached hydrogens (primary N) is 1. The summed E-state index contributed by atoms with van der Waals surface area (Å²) in [5, 5.41) is 8.70. The molecule has 94 valence electrons. The van der Waals surface area contributed by atoms with Crippen molar-refractivity contribution in [2.75, 3.05) is 6.54 Å². The summed E-state index contributed by atoms with van der Waals surface area (Å²) in [6.45, 7) is 7.20. The van der Waals surface area contributed by atoms with Crippen molar-refractivity contribution >= 4 is 11.9 Å². The summed E-state index contributed by atoms with van der Waals surface area (Å²) in [5.41, 5.74) is 5.79. The van der Waals surface area contributed by atoms with E-state index in [1.54, 1.807) is 13.8 Å². The molecule has 0 spiro atoms. The predicted molar refractivity (Wildman–Crippen MR) is 61.9 cm³/mol. The van der Waals surface area contributed by atoms with Crippen molar-refractivity contribution in [1.82, 2.24) is 4.90 Å². The van der Waals surface area contributed by atoms with E-state index in [4.69, 9.17) is 10.8 Å². The van der Waals surface area contributed by atoms with Crippen molar-refractivity contribution in [1.29, 1.82) is 0 Å². The fourth-order valence-corrected chi connectivity index (χ4v) is 1.26. The van der Waals surface area contributed by atoms with Crippen LogP contribution >= 0.6 is 0 Å². The van der Waals surface area contributed by atoms with Crippen molar-refractivity contribution in [2.45, 2.75) is 46.2 Å². The van der Waals surface area contributed by atoms with Gasteiger partial charge in [0.25, 0.3) is 0 Å². The van der Waals surface area contributed by atoms with Gasteiger partial charge in [0, 0.05) is 18.5 Å². The van der Waals surface area contributed by atoms with E-state index in [1.165, 1.54) is 4.90 Å². The fourth-order valence-electron chi connectivity index (χ4n) is 1.26. The van der Waals surface area contributed by atoms with Gasteiger partial charge >= 0.3 is 5.97 Å². The van der Waals surface area contributed by atoms with Gasteiger partial charge in [-0.1, -0.05) is 13.8 Å². The zero-order valence-corrected chi connectivity index (χ0v) is 10.4. The van der Waals surface area contributed by atoms with Crippen LogP contribution in [-0.2, 0) is 9.59 Å². The molecule has 0 fully saturated rings. The molecule has 1 atom stereocenters. The van der Waals surface area contributed by atoms with Crippen LogP contribution in [0.2, 0.25) is 0 Å². The molecule has 5 nitrogen and oxygen atoms in total. The van der Waals surface area contributed by atoms with Gasteiger partial charge in [0.05, 0.1) is 0 Å². The second-order valence-electron chi connectivity index (χ2n) is 4.62. The Balaban J connectivity index is 4.45. The summed E-state index contributed by atoms with van der Waals surface area (Å²) in [6, 6.07) is -0.342. The quantitative estimate of drug-likeness (QED) is 0.703. The lowest BCUT2D eigenvalue weighted by Crippen LogP contribution is -2.43. The first kappa shape index (κ1) is 14.9. The minimum absolute atomic E-state index is 0.122. The van der Waals surface area contributed by atoms with E-state index in [0.717, 1.165) is 0 Å². The number of hydrogen-bond acceptors (Lipinski definition) is 3. The molecule has 0 saturated carbocycles. The number of carbonyl (C=O) groups excluding carboxylic acids is 1. The van der Waals surface area contributed by atoms with Crippen LogP contribution in [0.3, 0.4) is 0 Å². The average Bonchev–Trinajstić information content (AvgIpc) is 2.12. The Labute approximate surface area is 96.6 Å². The molecule has 1 unspecified atom stereocenters. The van der Waals surface area contributed by atoms with Crippen molar-refractivity contribution < 1.29 is 14.7 Å². The van der Waals surface area contributed by atoms with E-state index < -0.39 is 5.97 Å². The van der Waals surface area contributed by atoms with E-state index in [1.807, 2.05) is 13.8 Å². The normalized spacial score (nSPS) is 12.9. The minimum Gasteiger partial charge on any atom is -0.480 e. The number of nitrogens with zero attached hydrogens (tertiary/aromatic N) is 1. The largest absolute Gasteiger partial charge is 0.480 e. The second-order valence-corrected chi connectivity index (χ2v) is 4.62. The lowest BCUT2D eigenvalue weighted by atomic mass is 10.0. The van der Waals surface area contributed by atoms with Gasteiger partial charge < -0.3 is 15.7 Å². The topological polar surface area (TPSA) is 83.6 Å². The molecule has 0 radical (unpaired) electrons. The number of hydrogen-bond donors (Lipinski definition) is 2. The summed E-state index contributed by atoms with van der Waals surface area (Å²) in [7, 11) is 0. The average molecular weight is 230 g/mol. The maximum absolute atomic E-state index is 11.8. The third-order valence-corrected chi connectivity index (χ3v) is 2.52. The SMILES string of the molecule is CC(C)C(N)CC(=O)N(CC(=O)O)C(C)C. The van der Waals surface area contributed by atoms with Gasteiger partial charge in [-0.15, -0.1) is 0 Å². The molecule has 16 heavy (non-hydrogen) atoms. The Kier molecular flexibility index (Phi) is 6.03. The zero-order chi connectivity index (χ0) is 12.9. The van der Waals surface area contributed by atoms with Crippen LogP contribution in [-0.4, -0.2) is 40.5 Å². The van der Waals surface area contributed by atoms with Gasteiger partial charge in [0.15, 0.2) is 0 Å². The van der Waals surface area contributed by atoms with Crippen molar-refractivity contribution in [2.24, 2.45) is 11.7 Å². The molecule has 5 heteroatoms. The molecule has 0 aliphatic carbocycles. The maximum atomic E-state index is 11.8. The minimum atomic E-state index is -1.000. The van der Waals surface area contributed by atoms with E-state index >= 15 is 0 Å². The molecule has 0 aromatic carbocycles. The standard InChI is InChI=1S/C11H22N2O3/c1-7(2)9(12)5-10(14)13(8(3)4)6-11(15)16/h7-9H,5-6,12H2,1-4H3,(H,15,16). The predicted octanol–water partition coefficient (Wildman–Crippen LogP) is 0.681. The van der Waals surface area contributed by atoms with Crippen LogP contribution in [0.15, 0.2) is 0 Å². The first-order valence-electron chi connectivity index (χ1n) is 5.52. The van der Waals surface area contributed by atoms with Crippen LogP contribution < -0.4 is 5.73 Å². The van der Waals surface area contributed by atoms with Crippen LogP contribution in [0.25, 0.3) is 0 Å². The Morgan fingerprint density at radius 1 is 1.25 bits per heavy atom. The number of carbonyl (C=O) groups is 2. The van der Waals surface area contributed by atoms with Crippen LogP contribution in [0.5, 0.6) is 0 Å². The number of amides is 1. The molecule has 0 rings (SSSR count). The summed E-state index contributed by atoms with van der Waals surface area (Å²) in [4.78, 5) is 23.8. The van der Waals surface area contributed by atoms with Crippen LogP contribution in [0, 0.1) is 5.92 Å². The van der Waals surface area contributed by atoms with E-state index in [-0.39, 0.29) is 36.9 Å². The highest BCUT2D eigenvalue weighted by Crippen LogP contribution is 2.08. The highest BCUT2D eigenvalue weighted by Gasteiger charge is 2.22. The molecular formula is C11H22N2O3. The molecule has 0 aliphatic heterocycles. The van der Waals surface area contributed by atoms with Gasteiger partial charge in [0.2, 0.25) is 5.91 Å². The highest BCUT2D eigenvalue weighted by atomic mass is 16.4. The third kappa shape index (κ3) is 5.11. The fraction of sp³-hybridized carbons (Fsp3) is 0.818. The zero-order valence-electron chi connectivity index (χ0n) is 10.4. The molecule has 1 amide bonds. The van der Waals surface area contributed by atoms with Gasteiger partial charge in [-0.25, -0.2) is 0 Å². The number of carboxylic acid groups (broad SMARTS) is 1. The molecule has 0 bridgehead atoms. The Hall–Kier alpha value is -1.10. The first-order valence-corrected chi connectivity index (χ1v) is 5.52. The van der Waals surface area contributed by atoms with E-state index in [0.29, 0.717) is 0 Å². The Morgan fingerprint density at radius 2 is 1.75 bits per heavy atom. The molecule has 3 N–H and O–H groups in total. The highest BCUT2D eigenvalue weighted by molar-refractivity contribution is 5.82. The third-order valence-electron chi connectivity index (χ3n) is 2.52. The summed E-state index contributed by atoms with van der Waals surface area (Å²) in [6.07, 6.45) is 0.198. The number of aliphatic carboxylic acids is 1. The Morgan fingerprint density at radius 3 is 2.06 bits per heavy atom. The summed E-state index contributed by atoms with van der Waals surface area (Å²) in [5.74, 6) is -0.985. The number of carboxylic acids is 1.